The molecule has 1 aromatic heterocycles. The SMILES string of the molecule is C=C[n+]1ccn(C)c1.[I-]. The van der Waals surface area contributed by atoms with Gasteiger partial charge in [-0.05, 0) is 0 Å². The fraction of sp³-hybridized carbons (Fsp3) is 0.167. The third kappa shape index (κ3) is 2.17. The van der Waals surface area contributed by atoms with E-state index in [1.165, 1.54) is 0 Å². The largest absolute Gasteiger partial charge is 1.00 e. The zero-order valence-electron chi connectivity index (χ0n) is 5.29. The molecular formula is C6H9IN2. The minimum Gasteiger partial charge on any atom is -1.00 e. The van der Waals surface area contributed by atoms with Crippen molar-refractivity contribution < 1.29 is 28.5 Å². The van der Waals surface area contributed by atoms with Gasteiger partial charge in [0.15, 0.2) is 0 Å². The van der Waals surface area contributed by atoms with Crippen LogP contribution in [-0.2, 0) is 7.05 Å². The average molecular weight is 236 g/mol. The lowest BCUT2D eigenvalue weighted by molar-refractivity contribution is -0.567. The molecular weight excluding hydrogens is 227 g/mol. The van der Waals surface area contributed by atoms with Crippen LogP contribution < -0.4 is 28.5 Å². The summed E-state index contributed by atoms with van der Waals surface area (Å²) in [5, 5.41) is 0. The van der Waals surface area contributed by atoms with Crippen molar-refractivity contribution in [3.63, 3.8) is 0 Å². The summed E-state index contributed by atoms with van der Waals surface area (Å²) in [4.78, 5) is 0. The van der Waals surface area contributed by atoms with E-state index in [1.54, 1.807) is 6.20 Å². The second-order valence-electron chi connectivity index (χ2n) is 1.71. The first-order valence-electron chi connectivity index (χ1n) is 2.48. The van der Waals surface area contributed by atoms with Crippen LogP contribution in [0, 0.1) is 0 Å². The fourth-order valence-electron chi connectivity index (χ4n) is 0.577. The van der Waals surface area contributed by atoms with Crippen LogP contribution in [0.5, 0.6) is 0 Å². The highest BCUT2D eigenvalue weighted by molar-refractivity contribution is 4.94. The molecule has 0 aliphatic carbocycles. The molecule has 2 nitrogen and oxygen atoms in total. The first-order valence-corrected chi connectivity index (χ1v) is 2.48. The molecule has 0 fully saturated rings. The number of aromatic nitrogens is 2. The highest BCUT2D eigenvalue weighted by Crippen LogP contribution is 1.74. The van der Waals surface area contributed by atoms with Gasteiger partial charge in [0.2, 0.25) is 6.33 Å². The van der Waals surface area contributed by atoms with E-state index in [9.17, 15) is 0 Å². The van der Waals surface area contributed by atoms with Gasteiger partial charge in [-0.1, -0.05) is 6.58 Å². The maximum Gasteiger partial charge on any atom is 0.248 e. The Morgan fingerprint density at radius 3 is 2.56 bits per heavy atom. The lowest BCUT2D eigenvalue weighted by atomic mass is 10.8. The molecule has 1 aromatic rings. The van der Waals surface area contributed by atoms with Crippen molar-refractivity contribution in [3.05, 3.63) is 25.3 Å². The molecule has 0 saturated carbocycles. The Kier molecular flexibility index (Phi) is 3.53. The van der Waals surface area contributed by atoms with E-state index >= 15 is 0 Å². The van der Waals surface area contributed by atoms with Crippen LogP contribution in [0.15, 0.2) is 25.3 Å². The molecule has 3 heteroatoms. The summed E-state index contributed by atoms with van der Waals surface area (Å²) < 4.78 is 3.85. The van der Waals surface area contributed by atoms with E-state index in [0.717, 1.165) is 0 Å². The Hall–Kier alpha value is -0.320. The number of hydrogen-bond donors (Lipinski definition) is 0. The summed E-state index contributed by atoms with van der Waals surface area (Å²) in [6.07, 6.45) is 7.58. The van der Waals surface area contributed by atoms with E-state index < -0.39 is 0 Å². The number of aryl methyl sites for hydroxylation is 1. The van der Waals surface area contributed by atoms with Crippen molar-refractivity contribution in [1.29, 1.82) is 0 Å². The molecule has 0 N–H and O–H groups in total. The van der Waals surface area contributed by atoms with Crippen LogP contribution >= 0.6 is 0 Å². The standard InChI is InChI=1S/C6H9N2.HI/c1-3-8-5-4-7(2)6-8;/h3-6H,1H2,2H3;1H/q+1;/p-1. The molecule has 0 spiro atoms. The minimum absolute atomic E-state index is 0. The van der Waals surface area contributed by atoms with Crippen LogP contribution in [0.25, 0.3) is 6.20 Å². The molecule has 1 heterocycles. The molecule has 0 aromatic carbocycles. The maximum absolute atomic E-state index is 3.59. The highest BCUT2D eigenvalue weighted by atomic mass is 127. The predicted molar refractivity (Wildman–Crippen MR) is 32.0 cm³/mol. The Balaban J connectivity index is 0.000000640. The number of imidazole rings is 1. The Labute approximate surface area is 71.8 Å². The molecule has 9 heavy (non-hydrogen) atoms. The van der Waals surface area contributed by atoms with Gasteiger partial charge >= 0.3 is 0 Å². The number of hydrogen-bond acceptors (Lipinski definition) is 0. The molecule has 50 valence electrons. The van der Waals surface area contributed by atoms with Gasteiger partial charge < -0.3 is 24.0 Å². The number of rotatable bonds is 1. The summed E-state index contributed by atoms with van der Waals surface area (Å²) in [6, 6.07) is 0. The topological polar surface area (TPSA) is 8.81 Å². The molecule has 1 rings (SSSR count). The van der Waals surface area contributed by atoms with E-state index in [2.05, 4.69) is 6.58 Å². The van der Waals surface area contributed by atoms with Gasteiger partial charge in [0.05, 0.1) is 13.2 Å². The number of halogens is 1. The highest BCUT2D eigenvalue weighted by Gasteiger charge is 1.90. The van der Waals surface area contributed by atoms with Crippen molar-refractivity contribution >= 4 is 6.20 Å². The van der Waals surface area contributed by atoms with E-state index in [0.29, 0.717) is 0 Å². The maximum atomic E-state index is 3.59. The second-order valence-corrected chi connectivity index (χ2v) is 1.71. The Morgan fingerprint density at radius 2 is 2.33 bits per heavy atom. The van der Waals surface area contributed by atoms with Crippen LogP contribution in [0.1, 0.15) is 0 Å². The van der Waals surface area contributed by atoms with Crippen molar-refractivity contribution in [1.82, 2.24) is 4.57 Å². The fourth-order valence-corrected chi connectivity index (χ4v) is 0.577. The summed E-state index contributed by atoms with van der Waals surface area (Å²) in [7, 11) is 1.97. The van der Waals surface area contributed by atoms with Gasteiger partial charge in [0, 0.05) is 0 Å². The number of nitrogens with zero attached hydrogens (tertiary/aromatic N) is 2. The molecule has 0 aliphatic heterocycles. The molecule has 0 atom stereocenters. The molecule has 0 amide bonds. The smallest absolute Gasteiger partial charge is 0.248 e. The quantitative estimate of drug-likeness (QED) is 0.374. The normalized spacial score (nSPS) is 8.11. The third-order valence-electron chi connectivity index (χ3n) is 1.00. The van der Waals surface area contributed by atoms with Crippen LogP contribution in [0.2, 0.25) is 0 Å². The molecule has 0 saturated heterocycles. The van der Waals surface area contributed by atoms with Crippen LogP contribution in [0.4, 0.5) is 0 Å². The molecule has 0 bridgehead atoms. The molecule has 0 unspecified atom stereocenters. The van der Waals surface area contributed by atoms with Gasteiger partial charge in [-0.25, -0.2) is 9.13 Å². The zero-order chi connectivity index (χ0) is 5.98. The first-order chi connectivity index (χ1) is 3.83. The first kappa shape index (κ1) is 8.68. The van der Waals surface area contributed by atoms with Crippen molar-refractivity contribution in [2.75, 3.05) is 0 Å². The zero-order valence-corrected chi connectivity index (χ0v) is 7.45. The van der Waals surface area contributed by atoms with Crippen molar-refractivity contribution in [2.24, 2.45) is 7.05 Å². The monoisotopic (exact) mass is 236 g/mol. The van der Waals surface area contributed by atoms with Gasteiger partial charge in [-0.2, -0.15) is 0 Å². The summed E-state index contributed by atoms with van der Waals surface area (Å²) in [6.45, 7) is 3.59. The lowest BCUT2D eigenvalue weighted by Crippen LogP contribution is -3.00. The minimum atomic E-state index is 0. The summed E-state index contributed by atoms with van der Waals surface area (Å²) in [5.41, 5.74) is 0. The van der Waals surface area contributed by atoms with E-state index in [4.69, 9.17) is 0 Å². The Bertz CT molecular complexity index is 193. The van der Waals surface area contributed by atoms with Crippen LogP contribution in [-0.4, -0.2) is 4.57 Å². The van der Waals surface area contributed by atoms with Gasteiger partial charge in [-0.15, -0.1) is 0 Å². The van der Waals surface area contributed by atoms with Gasteiger partial charge in [0.25, 0.3) is 0 Å². The lowest BCUT2D eigenvalue weighted by Gasteiger charge is -1.74. The average Bonchev–Trinajstić information content (AvgIpc) is 2.14. The van der Waals surface area contributed by atoms with E-state index in [1.807, 2.05) is 34.9 Å². The van der Waals surface area contributed by atoms with Gasteiger partial charge in [0.1, 0.15) is 12.4 Å². The second kappa shape index (κ2) is 3.66. The van der Waals surface area contributed by atoms with Crippen LogP contribution in [0.3, 0.4) is 0 Å². The van der Waals surface area contributed by atoms with E-state index in [-0.39, 0.29) is 24.0 Å². The van der Waals surface area contributed by atoms with Gasteiger partial charge in [-0.3, -0.25) is 0 Å². The Morgan fingerprint density at radius 1 is 1.67 bits per heavy atom. The predicted octanol–water partition coefficient (Wildman–Crippen LogP) is -2.58. The third-order valence-corrected chi connectivity index (χ3v) is 1.00. The molecule has 0 radical (unpaired) electrons. The van der Waals surface area contributed by atoms with Crippen molar-refractivity contribution in [3.8, 4) is 0 Å². The molecule has 0 aliphatic rings. The van der Waals surface area contributed by atoms with Crippen molar-refractivity contribution in [2.45, 2.75) is 0 Å². The summed E-state index contributed by atoms with van der Waals surface area (Å²) >= 11 is 0. The summed E-state index contributed by atoms with van der Waals surface area (Å²) in [5.74, 6) is 0.